The predicted octanol–water partition coefficient (Wildman–Crippen LogP) is 4.20. The van der Waals surface area contributed by atoms with E-state index in [0.717, 1.165) is 29.9 Å². The summed E-state index contributed by atoms with van der Waals surface area (Å²) in [7, 11) is 1.66. The van der Waals surface area contributed by atoms with E-state index in [1.54, 1.807) is 25.3 Å². The third-order valence-electron chi connectivity index (χ3n) is 6.28. The molecule has 0 aliphatic rings. The first-order valence-corrected chi connectivity index (χ1v) is 11.8. The normalized spacial score (nSPS) is 11.3. The Morgan fingerprint density at radius 3 is 2.34 bits per heavy atom. The number of fused-ring (bicyclic) bond motifs is 1. The number of carbonyl (C=O) groups is 1. The fourth-order valence-corrected chi connectivity index (χ4v) is 4.66. The molecule has 0 saturated carbocycles. The molecule has 8 heteroatoms. The second-order valence-electron chi connectivity index (χ2n) is 8.61. The van der Waals surface area contributed by atoms with E-state index in [1.165, 1.54) is 9.13 Å². The molecule has 4 aromatic rings. The molecule has 4 rings (SSSR count). The van der Waals surface area contributed by atoms with Crippen LogP contribution in [-0.2, 0) is 24.4 Å². The maximum Gasteiger partial charge on any atom is 0.317 e. The Bertz CT molecular complexity index is 1500. The Labute approximate surface area is 208 Å². The lowest BCUT2D eigenvalue weighted by Crippen LogP contribution is -2.42. The van der Waals surface area contributed by atoms with Crippen LogP contribution in [0.3, 0.4) is 0 Å². The largest absolute Gasteiger partial charge is 0.385 e. The van der Waals surface area contributed by atoms with Crippen LogP contribution in [0.2, 0.25) is 5.02 Å². The van der Waals surface area contributed by atoms with Gasteiger partial charge in [0.1, 0.15) is 0 Å². The summed E-state index contributed by atoms with van der Waals surface area (Å²) in [5.41, 5.74) is 2.77. The van der Waals surface area contributed by atoms with Gasteiger partial charge in [-0.25, -0.2) is 0 Å². The molecule has 2 aromatic heterocycles. The van der Waals surface area contributed by atoms with Crippen LogP contribution in [0, 0.1) is 13.8 Å². The molecule has 0 saturated heterocycles. The van der Waals surface area contributed by atoms with Crippen molar-refractivity contribution in [2.75, 3.05) is 13.7 Å². The van der Waals surface area contributed by atoms with Gasteiger partial charge in [-0.2, -0.15) is 0 Å². The number of ether oxygens (including phenoxy) is 1. The minimum absolute atomic E-state index is 0.236. The third-order valence-corrected chi connectivity index (χ3v) is 6.52. The van der Waals surface area contributed by atoms with Gasteiger partial charge in [-0.15, -0.1) is 0 Å². The van der Waals surface area contributed by atoms with E-state index < -0.39 is 11.1 Å². The topological polar surface area (TPSA) is 75.2 Å². The number of Topliss-reactive ketones (excluding diaryl/α,β-unsaturated/α-hetero) is 1. The lowest BCUT2D eigenvalue weighted by atomic mass is 10.1. The zero-order valence-electron chi connectivity index (χ0n) is 20.1. The first-order valence-electron chi connectivity index (χ1n) is 11.5. The van der Waals surface area contributed by atoms with Gasteiger partial charge in [0.2, 0.25) is 0 Å². The van der Waals surface area contributed by atoms with E-state index >= 15 is 0 Å². The van der Waals surface area contributed by atoms with Crippen LogP contribution in [-0.4, -0.2) is 33.2 Å². The van der Waals surface area contributed by atoms with Gasteiger partial charge in [0.25, 0.3) is 0 Å². The Morgan fingerprint density at radius 2 is 1.63 bits per heavy atom. The Kier molecular flexibility index (Phi) is 7.38. The highest BCUT2D eigenvalue weighted by atomic mass is 35.5. The van der Waals surface area contributed by atoms with Gasteiger partial charge >= 0.3 is 11.1 Å². The van der Waals surface area contributed by atoms with Gasteiger partial charge in [-0.05, 0) is 50.1 Å². The summed E-state index contributed by atoms with van der Waals surface area (Å²) in [4.78, 5) is 39.7. The molecule has 0 atom stereocenters. The smallest absolute Gasteiger partial charge is 0.317 e. The number of aromatic nitrogens is 3. The minimum atomic E-state index is -0.752. The highest BCUT2D eigenvalue weighted by molar-refractivity contribution is 6.31. The maximum absolute atomic E-state index is 13.4. The molecule has 35 heavy (non-hydrogen) atoms. The molecule has 7 nitrogen and oxygen atoms in total. The second-order valence-corrected chi connectivity index (χ2v) is 9.04. The fourth-order valence-electron chi connectivity index (χ4n) is 4.49. The second kappa shape index (κ2) is 10.5. The number of hydrogen-bond acceptors (Lipinski definition) is 4. The van der Waals surface area contributed by atoms with Crippen LogP contribution < -0.4 is 11.1 Å². The van der Waals surface area contributed by atoms with Crippen LogP contribution in [0.15, 0.2) is 64.2 Å². The monoisotopic (exact) mass is 493 g/mol. The molecule has 0 radical (unpaired) electrons. The van der Waals surface area contributed by atoms with Crippen LogP contribution in [0.25, 0.3) is 11.0 Å². The zero-order chi connectivity index (χ0) is 25.1. The first kappa shape index (κ1) is 24.7. The summed E-state index contributed by atoms with van der Waals surface area (Å²) in [6.45, 7) is 5.18. The maximum atomic E-state index is 13.4. The fraction of sp³-hybridized carbons (Fsp3) is 0.296. The van der Waals surface area contributed by atoms with Crippen LogP contribution in [0.5, 0.6) is 0 Å². The van der Waals surface area contributed by atoms with Crippen LogP contribution in [0.1, 0.15) is 33.7 Å². The molecular formula is C27H28ClN3O4. The number of methoxy groups -OCH3 is 1. The molecule has 0 amide bonds. The first-order chi connectivity index (χ1) is 16.8. The molecule has 2 aromatic carbocycles. The number of nitrogens with zero attached hydrogens (tertiary/aromatic N) is 3. The lowest BCUT2D eigenvalue weighted by Gasteiger charge is -2.15. The van der Waals surface area contributed by atoms with Gasteiger partial charge in [-0.1, -0.05) is 41.9 Å². The van der Waals surface area contributed by atoms with Crippen molar-refractivity contribution in [3.8, 4) is 0 Å². The molecule has 0 spiro atoms. The summed E-state index contributed by atoms with van der Waals surface area (Å²) in [5.74, 6) is -0.236. The molecular weight excluding hydrogens is 466 g/mol. The molecule has 182 valence electrons. The average molecular weight is 494 g/mol. The number of aryl methyl sites for hydroxylation is 1. The SMILES string of the molecule is COCCCn1c(C)cc(C(=O)Cn2c(=O)c(=O)n(Cc3ccccc3)c3ccc(Cl)cc32)c1C. The third kappa shape index (κ3) is 5.01. The average Bonchev–Trinajstić information content (AvgIpc) is 3.13. The predicted molar refractivity (Wildman–Crippen MR) is 138 cm³/mol. The zero-order valence-corrected chi connectivity index (χ0v) is 20.8. The quantitative estimate of drug-likeness (QED) is 0.199. The number of hydrogen-bond donors (Lipinski definition) is 0. The number of ketones is 1. The van der Waals surface area contributed by atoms with Gasteiger partial charge in [0.05, 0.1) is 24.1 Å². The van der Waals surface area contributed by atoms with Crippen molar-refractivity contribution < 1.29 is 9.53 Å². The summed E-state index contributed by atoms with van der Waals surface area (Å²) in [6.07, 6.45) is 0.822. The highest BCUT2D eigenvalue weighted by Gasteiger charge is 2.20. The molecule has 0 unspecified atom stereocenters. The van der Waals surface area contributed by atoms with E-state index in [9.17, 15) is 14.4 Å². The number of carbonyl (C=O) groups excluding carboxylic acids is 1. The van der Waals surface area contributed by atoms with Crippen molar-refractivity contribution in [2.45, 2.75) is 39.9 Å². The molecule has 0 bridgehead atoms. The summed E-state index contributed by atoms with van der Waals surface area (Å²) < 4.78 is 9.89. The van der Waals surface area contributed by atoms with E-state index in [1.807, 2.05) is 50.2 Å². The van der Waals surface area contributed by atoms with Gasteiger partial charge in [-0.3, -0.25) is 23.5 Å². The van der Waals surface area contributed by atoms with Crippen molar-refractivity contribution in [1.82, 2.24) is 13.7 Å². The van der Waals surface area contributed by atoms with Crippen molar-refractivity contribution in [2.24, 2.45) is 0 Å². The van der Waals surface area contributed by atoms with E-state index in [0.29, 0.717) is 28.2 Å². The standard InChI is InChI=1S/C27H28ClN3O4/c1-18-14-22(19(2)29(18)12-7-13-35-3)25(32)17-31-24-15-21(28)10-11-23(24)30(26(33)27(31)34)16-20-8-5-4-6-9-20/h4-6,8-11,14-15H,7,12-13,16-17H2,1-3H3. The molecule has 0 aliphatic carbocycles. The number of benzene rings is 2. The van der Waals surface area contributed by atoms with E-state index in [4.69, 9.17) is 16.3 Å². The Morgan fingerprint density at radius 1 is 0.914 bits per heavy atom. The van der Waals surface area contributed by atoms with Gasteiger partial charge in [0.15, 0.2) is 5.78 Å². The summed E-state index contributed by atoms with van der Waals surface area (Å²) in [5, 5.41) is 0.416. The highest BCUT2D eigenvalue weighted by Crippen LogP contribution is 2.21. The molecule has 2 heterocycles. The van der Waals surface area contributed by atoms with E-state index in [2.05, 4.69) is 4.57 Å². The number of halogens is 1. The summed E-state index contributed by atoms with van der Waals surface area (Å²) in [6, 6.07) is 16.3. The van der Waals surface area contributed by atoms with Gasteiger partial charge < -0.3 is 9.30 Å². The van der Waals surface area contributed by atoms with Crippen molar-refractivity contribution in [1.29, 1.82) is 0 Å². The van der Waals surface area contributed by atoms with Crippen molar-refractivity contribution in [3.63, 3.8) is 0 Å². The number of rotatable bonds is 9. The molecule has 0 aliphatic heterocycles. The molecule has 0 N–H and O–H groups in total. The lowest BCUT2D eigenvalue weighted by molar-refractivity contribution is 0.0971. The van der Waals surface area contributed by atoms with E-state index in [-0.39, 0.29) is 18.9 Å². The van der Waals surface area contributed by atoms with Crippen LogP contribution >= 0.6 is 11.6 Å². The Hall–Kier alpha value is -3.42. The van der Waals surface area contributed by atoms with Crippen molar-refractivity contribution >= 4 is 28.4 Å². The van der Waals surface area contributed by atoms with Crippen molar-refractivity contribution in [3.05, 3.63) is 103 Å². The van der Waals surface area contributed by atoms with Crippen LogP contribution in [0.4, 0.5) is 0 Å². The minimum Gasteiger partial charge on any atom is -0.385 e. The summed E-state index contributed by atoms with van der Waals surface area (Å²) >= 11 is 6.26. The van der Waals surface area contributed by atoms with Gasteiger partial charge in [0, 0.05) is 42.2 Å². The Balaban J connectivity index is 1.76. The molecule has 0 fully saturated rings.